The van der Waals surface area contributed by atoms with E-state index in [-0.39, 0.29) is 11.7 Å². The fourth-order valence-corrected chi connectivity index (χ4v) is 1.87. The van der Waals surface area contributed by atoms with Crippen molar-refractivity contribution in [1.29, 1.82) is 0 Å². The number of Topliss-reactive ketones (excluding diaryl/α,β-unsaturated/α-hetero) is 1. The van der Waals surface area contributed by atoms with Crippen molar-refractivity contribution in [3.05, 3.63) is 29.8 Å². The quantitative estimate of drug-likeness (QED) is 0.600. The summed E-state index contributed by atoms with van der Waals surface area (Å²) in [5, 5.41) is 0. The SMILES string of the molecule is C[C@@H]1CN(C)c2ccccc2C1=O. The van der Waals surface area contributed by atoms with Crippen molar-refractivity contribution in [1.82, 2.24) is 0 Å². The fourth-order valence-electron chi connectivity index (χ4n) is 1.87. The molecule has 0 aromatic heterocycles. The molecule has 13 heavy (non-hydrogen) atoms. The van der Waals surface area contributed by atoms with Crippen LogP contribution in [-0.4, -0.2) is 19.4 Å². The van der Waals surface area contributed by atoms with Gasteiger partial charge in [0.1, 0.15) is 0 Å². The molecular weight excluding hydrogens is 162 g/mol. The smallest absolute Gasteiger partial charge is 0.169 e. The van der Waals surface area contributed by atoms with Crippen molar-refractivity contribution in [2.24, 2.45) is 5.92 Å². The third-order valence-corrected chi connectivity index (χ3v) is 2.58. The molecule has 0 aliphatic carbocycles. The molecule has 2 nitrogen and oxygen atoms in total. The van der Waals surface area contributed by atoms with Crippen LogP contribution in [0.4, 0.5) is 5.69 Å². The summed E-state index contributed by atoms with van der Waals surface area (Å²) < 4.78 is 0. The number of hydrogen-bond donors (Lipinski definition) is 0. The van der Waals surface area contributed by atoms with Crippen LogP contribution in [0.1, 0.15) is 17.3 Å². The van der Waals surface area contributed by atoms with E-state index in [0.29, 0.717) is 0 Å². The lowest BCUT2D eigenvalue weighted by molar-refractivity contribution is 0.0927. The van der Waals surface area contributed by atoms with Gasteiger partial charge in [0.05, 0.1) is 0 Å². The number of benzene rings is 1. The van der Waals surface area contributed by atoms with Crippen LogP contribution in [0, 0.1) is 5.92 Å². The number of rotatable bonds is 0. The lowest BCUT2D eigenvalue weighted by Gasteiger charge is -2.30. The van der Waals surface area contributed by atoms with Crippen LogP contribution < -0.4 is 4.90 Å². The molecule has 0 amide bonds. The lowest BCUT2D eigenvalue weighted by Crippen LogP contribution is -2.34. The molecule has 1 aliphatic heterocycles. The number of anilines is 1. The highest BCUT2D eigenvalue weighted by Gasteiger charge is 2.26. The maximum absolute atomic E-state index is 11.7. The van der Waals surface area contributed by atoms with Crippen molar-refractivity contribution in [2.75, 3.05) is 18.5 Å². The minimum absolute atomic E-state index is 0.125. The molecule has 2 heteroatoms. The zero-order chi connectivity index (χ0) is 9.42. The average molecular weight is 175 g/mol. The minimum atomic E-state index is 0.125. The van der Waals surface area contributed by atoms with Gasteiger partial charge in [-0.15, -0.1) is 0 Å². The van der Waals surface area contributed by atoms with E-state index in [9.17, 15) is 4.79 Å². The normalized spacial score (nSPS) is 21.5. The monoisotopic (exact) mass is 175 g/mol. The molecule has 1 aromatic carbocycles. The van der Waals surface area contributed by atoms with E-state index in [4.69, 9.17) is 0 Å². The Bertz CT molecular complexity index is 346. The molecule has 1 atom stereocenters. The van der Waals surface area contributed by atoms with Crippen LogP contribution in [-0.2, 0) is 0 Å². The molecule has 0 fully saturated rings. The molecule has 2 rings (SSSR count). The summed E-state index contributed by atoms with van der Waals surface area (Å²) in [6.07, 6.45) is 0. The highest BCUT2D eigenvalue weighted by atomic mass is 16.1. The first kappa shape index (κ1) is 8.30. The number of carbonyl (C=O) groups is 1. The van der Waals surface area contributed by atoms with Crippen molar-refractivity contribution in [3.8, 4) is 0 Å². The number of hydrogen-bond acceptors (Lipinski definition) is 2. The van der Waals surface area contributed by atoms with Crippen LogP contribution in [0.15, 0.2) is 24.3 Å². The second-order valence-corrected chi connectivity index (χ2v) is 3.66. The van der Waals surface area contributed by atoms with Gasteiger partial charge in [-0.1, -0.05) is 19.1 Å². The van der Waals surface area contributed by atoms with Gasteiger partial charge in [-0.05, 0) is 12.1 Å². The van der Waals surface area contributed by atoms with Crippen molar-refractivity contribution in [2.45, 2.75) is 6.92 Å². The first-order valence-corrected chi connectivity index (χ1v) is 4.54. The number of nitrogens with zero attached hydrogens (tertiary/aromatic N) is 1. The van der Waals surface area contributed by atoms with E-state index in [2.05, 4.69) is 4.90 Å². The van der Waals surface area contributed by atoms with Crippen LogP contribution >= 0.6 is 0 Å². The molecule has 0 saturated heterocycles. The Balaban J connectivity index is 2.54. The summed E-state index contributed by atoms with van der Waals surface area (Å²) >= 11 is 0. The Hall–Kier alpha value is -1.31. The minimum Gasteiger partial charge on any atom is -0.373 e. The van der Waals surface area contributed by atoms with E-state index >= 15 is 0 Å². The molecule has 68 valence electrons. The van der Waals surface area contributed by atoms with Gasteiger partial charge in [0, 0.05) is 30.8 Å². The topological polar surface area (TPSA) is 20.3 Å². The van der Waals surface area contributed by atoms with Gasteiger partial charge in [-0.2, -0.15) is 0 Å². The van der Waals surface area contributed by atoms with Crippen molar-refractivity contribution >= 4 is 11.5 Å². The predicted octanol–water partition coefficient (Wildman–Crippen LogP) is 1.96. The van der Waals surface area contributed by atoms with Gasteiger partial charge < -0.3 is 4.90 Å². The van der Waals surface area contributed by atoms with Gasteiger partial charge in [0.15, 0.2) is 5.78 Å². The summed E-state index contributed by atoms with van der Waals surface area (Å²) in [5.74, 6) is 0.397. The Morgan fingerprint density at radius 3 is 2.85 bits per heavy atom. The summed E-state index contributed by atoms with van der Waals surface area (Å²) in [6, 6.07) is 7.80. The Labute approximate surface area is 78.2 Å². The third-order valence-electron chi connectivity index (χ3n) is 2.58. The van der Waals surface area contributed by atoms with Crippen LogP contribution in [0.2, 0.25) is 0 Å². The molecule has 0 unspecified atom stereocenters. The Kier molecular flexibility index (Phi) is 1.83. The predicted molar refractivity (Wildman–Crippen MR) is 53.2 cm³/mol. The summed E-state index contributed by atoms with van der Waals surface area (Å²) in [6.45, 7) is 2.81. The highest BCUT2D eigenvalue weighted by Crippen LogP contribution is 2.27. The van der Waals surface area contributed by atoms with Crippen LogP contribution in [0.5, 0.6) is 0 Å². The van der Waals surface area contributed by atoms with Crippen molar-refractivity contribution < 1.29 is 4.79 Å². The molecule has 0 bridgehead atoms. The van der Waals surface area contributed by atoms with Gasteiger partial charge >= 0.3 is 0 Å². The Morgan fingerprint density at radius 2 is 2.08 bits per heavy atom. The number of ketones is 1. The molecule has 1 aromatic rings. The molecule has 0 N–H and O–H groups in total. The molecule has 1 heterocycles. The molecule has 0 saturated carbocycles. The third kappa shape index (κ3) is 1.22. The average Bonchev–Trinajstić information content (AvgIpc) is 2.15. The van der Waals surface area contributed by atoms with Crippen LogP contribution in [0.3, 0.4) is 0 Å². The fraction of sp³-hybridized carbons (Fsp3) is 0.364. The molecule has 0 spiro atoms. The number of carbonyl (C=O) groups excluding carboxylic acids is 1. The first-order chi connectivity index (χ1) is 6.20. The summed E-state index contributed by atoms with van der Waals surface area (Å²) in [4.78, 5) is 13.9. The van der Waals surface area contributed by atoms with Crippen LogP contribution in [0.25, 0.3) is 0 Å². The largest absolute Gasteiger partial charge is 0.373 e. The van der Waals surface area contributed by atoms with Gasteiger partial charge in [-0.3, -0.25) is 4.79 Å². The zero-order valence-corrected chi connectivity index (χ0v) is 7.95. The second-order valence-electron chi connectivity index (χ2n) is 3.66. The molecular formula is C11H13NO. The van der Waals surface area contributed by atoms with E-state index in [1.54, 1.807) is 0 Å². The second kappa shape index (κ2) is 2.87. The first-order valence-electron chi connectivity index (χ1n) is 4.54. The lowest BCUT2D eigenvalue weighted by atomic mass is 9.93. The van der Waals surface area contributed by atoms with Gasteiger partial charge in [0.25, 0.3) is 0 Å². The summed E-state index contributed by atoms with van der Waals surface area (Å²) in [7, 11) is 2.03. The maximum atomic E-state index is 11.7. The van der Waals surface area contributed by atoms with E-state index in [1.807, 2.05) is 38.2 Å². The van der Waals surface area contributed by atoms with E-state index in [1.165, 1.54) is 0 Å². The van der Waals surface area contributed by atoms with Gasteiger partial charge in [-0.25, -0.2) is 0 Å². The molecule has 1 aliphatic rings. The standard InChI is InChI=1S/C11H13NO/c1-8-7-12(2)10-6-4-3-5-9(10)11(8)13/h3-6,8H,7H2,1-2H3/t8-/m1/s1. The Morgan fingerprint density at radius 1 is 1.38 bits per heavy atom. The van der Waals surface area contributed by atoms with E-state index in [0.717, 1.165) is 17.8 Å². The number of para-hydroxylation sites is 1. The number of fused-ring (bicyclic) bond motifs is 1. The van der Waals surface area contributed by atoms with Crippen molar-refractivity contribution in [3.63, 3.8) is 0 Å². The maximum Gasteiger partial charge on any atom is 0.169 e. The highest BCUT2D eigenvalue weighted by molar-refractivity contribution is 6.04. The van der Waals surface area contributed by atoms with Gasteiger partial charge in [0.2, 0.25) is 0 Å². The van der Waals surface area contributed by atoms with E-state index < -0.39 is 0 Å². The zero-order valence-electron chi connectivity index (χ0n) is 7.95. The summed E-state index contributed by atoms with van der Waals surface area (Å²) in [5.41, 5.74) is 1.93. The molecule has 0 radical (unpaired) electrons.